The summed E-state index contributed by atoms with van der Waals surface area (Å²) in [6.07, 6.45) is 9.62. The predicted octanol–water partition coefficient (Wildman–Crippen LogP) is 3.89. The molecule has 106 valence electrons. The van der Waals surface area contributed by atoms with Crippen LogP contribution in [0, 0.1) is 17.5 Å². The number of aromatic nitrogens is 4. The van der Waals surface area contributed by atoms with Crippen molar-refractivity contribution in [2.75, 3.05) is 0 Å². The summed E-state index contributed by atoms with van der Waals surface area (Å²) in [4.78, 5) is 8.19. The highest BCUT2D eigenvalue weighted by atomic mass is 127. The van der Waals surface area contributed by atoms with Gasteiger partial charge in [0.05, 0.1) is 23.6 Å². The van der Waals surface area contributed by atoms with E-state index in [2.05, 4.69) is 83.1 Å². The van der Waals surface area contributed by atoms with E-state index in [9.17, 15) is 0 Å². The standard InChI is InChI=1S/C8H7IN2.C8H8N2/c1-6-2-3-7-8(9)10-5-11(7)4-6;1-7-2-3-8-4-9-6-10(8)5-7/h2-5H,1H3;2-6H,1H3. The Labute approximate surface area is 136 Å². The second-order valence-corrected chi connectivity index (χ2v) is 5.99. The van der Waals surface area contributed by atoms with Gasteiger partial charge in [-0.15, -0.1) is 0 Å². The zero-order chi connectivity index (χ0) is 14.8. The van der Waals surface area contributed by atoms with Gasteiger partial charge in [0.25, 0.3) is 0 Å². The van der Waals surface area contributed by atoms with E-state index in [1.54, 1.807) is 0 Å². The molecule has 0 aromatic carbocycles. The van der Waals surface area contributed by atoms with Gasteiger partial charge >= 0.3 is 0 Å². The minimum atomic E-state index is 1.06. The van der Waals surface area contributed by atoms with Gasteiger partial charge in [-0.25, -0.2) is 9.97 Å². The highest BCUT2D eigenvalue weighted by Gasteiger charge is 1.98. The Kier molecular flexibility index (Phi) is 3.92. The Morgan fingerprint density at radius 3 is 2.43 bits per heavy atom. The van der Waals surface area contributed by atoms with Crippen LogP contribution < -0.4 is 0 Å². The van der Waals surface area contributed by atoms with Crippen LogP contribution in [0.1, 0.15) is 11.1 Å². The fraction of sp³-hybridized carbons (Fsp3) is 0.125. The van der Waals surface area contributed by atoms with Crippen molar-refractivity contribution in [1.29, 1.82) is 0 Å². The van der Waals surface area contributed by atoms with Gasteiger partial charge in [0.2, 0.25) is 0 Å². The van der Waals surface area contributed by atoms with Crippen molar-refractivity contribution >= 4 is 33.6 Å². The van der Waals surface area contributed by atoms with Crippen molar-refractivity contribution in [2.24, 2.45) is 0 Å². The average Bonchev–Trinajstić information content (AvgIpc) is 3.06. The Balaban J connectivity index is 0.000000126. The highest BCUT2D eigenvalue weighted by Crippen LogP contribution is 2.12. The molecule has 0 atom stereocenters. The average molecular weight is 390 g/mol. The topological polar surface area (TPSA) is 34.6 Å². The maximum Gasteiger partial charge on any atom is 0.127 e. The van der Waals surface area contributed by atoms with Crippen molar-refractivity contribution in [3.8, 4) is 0 Å². The Morgan fingerprint density at radius 1 is 0.905 bits per heavy atom. The number of nitrogens with zero attached hydrogens (tertiary/aromatic N) is 4. The summed E-state index contributed by atoms with van der Waals surface area (Å²) in [5.41, 5.74) is 4.83. The summed E-state index contributed by atoms with van der Waals surface area (Å²) < 4.78 is 5.11. The molecule has 0 aliphatic rings. The third kappa shape index (κ3) is 3.07. The lowest BCUT2D eigenvalue weighted by molar-refractivity contribution is 1.13. The first-order chi connectivity index (χ1) is 10.1. The minimum Gasteiger partial charge on any atom is -0.306 e. The number of hydrogen-bond acceptors (Lipinski definition) is 2. The molecule has 0 spiro atoms. The van der Waals surface area contributed by atoms with Crippen molar-refractivity contribution in [3.63, 3.8) is 0 Å². The molecule has 0 aliphatic carbocycles. The first-order valence-corrected chi connectivity index (χ1v) is 7.68. The van der Waals surface area contributed by atoms with Gasteiger partial charge in [0, 0.05) is 12.4 Å². The van der Waals surface area contributed by atoms with E-state index in [4.69, 9.17) is 0 Å². The van der Waals surface area contributed by atoms with Crippen LogP contribution in [0.15, 0.2) is 55.5 Å². The summed E-state index contributed by atoms with van der Waals surface area (Å²) in [6, 6.07) is 8.32. The van der Waals surface area contributed by atoms with E-state index >= 15 is 0 Å². The molecule has 0 fully saturated rings. The first kappa shape index (κ1) is 14.1. The van der Waals surface area contributed by atoms with Crippen LogP contribution in [-0.2, 0) is 0 Å². The van der Waals surface area contributed by atoms with Crippen molar-refractivity contribution in [1.82, 2.24) is 18.8 Å². The van der Waals surface area contributed by atoms with Crippen molar-refractivity contribution < 1.29 is 0 Å². The Morgan fingerprint density at radius 2 is 1.62 bits per heavy atom. The summed E-state index contributed by atoms with van der Waals surface area (Å²) in [6.45, 7) is 4.14. The van der Waals surface area contributed by atoms with Gasteiger partial charge in [0.15, 0.2) is 0 Å². The molecule has 21 heavy (non-hydrogen) atoms. The molecule has 5 heteroatoms. The van der Waals surface area contributed by atoms with Crippen LogP contribution in [0.3, 0.4) is 0 Å². The largest absolute Gasteiger partial charge is 0.306 e. The molecule has 0 N–H and O–H groups in total. The highest BCUT2D eigenvalue weighted by molar-refractivity contribution is 14.1. The fourth-order valence-corrected chi connectivity index (χ4v) is 2.69. The second-order valence-electron chi connectivity index (χ2n) is 4.97. The first-order valence-electron chi connectivity index (χ1n) is 6.60. The summed E-state index contributed by atoms with van der Waals surface area (Å²) in [7, 11) is 0. The minimum absolute atomic E-state index is 1.06. The normalized spacial score (nSPS) is 10.6. The van der Waals surface area contributed by atoms with Crippen LogP contribution in [0.4, 0.5) is 0 Å². The maximum atomic E-state index is 4.19. The van der Waals surface area contributed by atoms with Gasteiger partial charge in [-0.3, -0.25) is 0 Å². The van der Waals surface area contributed by atoms with E-state index in [0.717, 1.165) is 9.22 Å². The SMILES string of the molecule is Cc1ccc2c(I)ncn2c1.Cc1ccc2cncn2c1. The number of fused-ring (bicyclic) bond motifs is 2. The molecule has 0 unspecified atom stereocenters. The third-order valence-corrected chi connectivity index (χ3v) is 4.02. The van der Waals surface area contributed by atoms with Crippen molar-refractivity contribution in [3.05, 3.63) is 70.3 Å². The number of imidazole rings is 2. The smallest absolute Gasteiger partial charge is 0.127 e. The van der Waals surface area contributed by atoms with E-state index in [-0.39, 0.29) is 0 Å². The van der Waals surface area contributed by atoms with Crippen LogP contribution in [-0.4, -0.2) is 18.8 Å². The van der Waals surface area contributed by atoms with Crippen LogP contribution in [0.25, 0.3) is 11.0 Å². The molecule has 0 amide bonds. The van der Waals surface area contributed by atoms with Crippen LogP contribution >= 0.6 is 22.6 Å². The molecule has 0 bridgehead atoms. The molecule has 0 radical (unpaired) electrons. The van der Waals surface area contributed by atoms with E-state index < -0.39 is 0 Å². The Bertz CT molecular complexity index is 891. The lowest BCUT2D eigenvalue weighted by Gasteiger charge is -1.94. The van der Waals surface area contributed by atoms with Gasteiger partial charge in [-0.1, -0.05) is 12.1 Å². The number of aryl methyl sites for hydroxylation is 2. The third-order valence-electron chi connectivity index (χ3n) is 3.19. The molecular weight excluding hydrogens is 375 g/mol. The number of hydrogen-bond donors (Lipinski definition) is 0. The maximum absolute atomic E-state index is 4.19. The van der Waals surface area contributed by atoms with Crippen LogP contribution in [0.5, 0.6) is 0 Å². The quantitative estimate of drug-likeness (QED) is 0.427. The van der Waals surface area contributed by atoms with Gasteiger partial charge in [0.1, 0.15) is 10.0 Å². The van der Waals surface area contributed by atoms with Gasteiger partial charge in [-0.05, 0) is 59.7 Å². The number of rotatable bonds is 0. The predicted molar refractivity (Wildman–Crippen MR) is 92.6 cm³/mol. The Hall–Kier alpha value is -1.89. The molecule has 0 saturated carbocycles. The lowest BCUT2D eigenvalue weighted by atomic mass is 10.3. The molecule has 4 nitrogen and oxygen atoms in total. The number of pyridine rings is 2. The molecule has 4 heterocycles. The van der Waals surface area contributed by atoms with Gasteiger partial charge in [-0.2, -0.15) is 0 Å². The van der Waals surface area contributed by atoms with E-state index in [1.807, 2.05) is 27.7 Å². The monoisotopic (exact) mass is 390 g/mol. The number of halogens is 1. The van der Waals surface area contributed by atoms with E-state index in [1.165, 1.54) is 16.6 Å². The summed E-state index contributed by atoms with van der Waals surface area (Å²) >= 11 is 2.23. The molecule has 4 aromatic heterocycles. The van der Waals surface area contributed by atoms with Crippen LogP contribution in [0.2, 0.25) is 0 Å². The summed E-state index contributed by atoms with van der Waals surface area (Å²) in [5.74, 6) is 0. The molecule has 4 rings (SSSR count). The fourth-order valence-electron chi connectivity index (χ4n) is 2.11. The van der Waals surface area contributed by atoms with Crippen molar-refractivity contribution in [2.45, 2.75) is 13.8 Å². The molecular formula is C16H15IN4. The van der Waals surface area contributed by atoms with E-state index in [0.29, 0.717) is 0 Å². The lowest BCUT2D eigenvalue weighted by Crippen LogP contribution is -1.82. The molecule has 4 aromatic rings. The molecule has 0 aliphatic heterocycles. The van der Waals surface area contributed by atoms with Gasteiger partial charge < -0.3 is 8.80 Å². The zero-order valence-electron chi connectivity index (χ0n) is 11.9. The zero-order valence-corrected chi connectivity index (χ0v) is 14.0. The second kappa shape index (κ2) is 5.85. The summed E-state index contributed by atoms with van der Waals surface area (Å²) in [5, 5.41) is 0. The molecule has 0 saturated heterocycles.